The average Bonchev–Trinajstić information content (AvgIpc) is 2.47. The molecule has 0 unspecified atom stereocenters. The van der Waals surface area contributed by atoms with Gasteiger partial charge in [0.25, 0.3) is 0 Å². The molecule has 0 amide bonds. The quantitative estimate of drug-likeness (QED) is 0.678. The maximum Gasteiger partial charge on any atom is 0.188 e. The third-order valence-corrected chi connectivity index (χ3v) is 3.22. The minimum Gasteiger partial charge on any atom is -0.468 e. The summed E-state index contributed by atoms with van der Waals surface area (Å²) < 4.78 is 5.86. The number of para-hydroxylation sites is 1. The summed E-state index contributed by atoms with van der Waals surface area (Å²) in [5.74, 6) is 0.711. The van der Waals surface area contributed by atoms with E-state index in [0.29, 0.717) is 5.56 Å². The summed E-state index contributed by atoms with van der Waals surface area (Å²) in [5, 5.41) is 3.25. The fourth-order valence-corrected chi connectivity index (χ4v) is 2.31. The van der Waals surface area contributed by atoms with E-state index in [2.05, 4.69) is 10.3 Å². The van der Waals surface area contributed by atoms with E-state index < -0.39 is 5.72 Å². The highest BCUT2D eigenvalue weighted by molar-refractivity contribution is 6.08. The minimum absolute atomic E-state index is 0.0626. The molecule has 106 valence electrons. The number of rotatable bonds is 2. The number of benzene rings is 1. The lowest BCUT2D eigenvalue weighted by molar-refractivity contribution is 0.0816. The third-order valence-electron chi connectivity index (χ3n) is 3.22. The Morgan fingerprint density at radius 3 is 2.67 bits per heavy atom. The largest absolute Gasteiger partial charge is 0.468 e. The number of carbonyl (C=O) groups excluding carboxylic acids is 1. The van der Waals surface area contributed by atoms with Gasteiger partial charge in [0.1, 0.15) is 5.75 Å². The van der Waals surface area contributed by atoms with Crippen molar-refractivity contribution in [2.75, 3.05) is 0 Å². The highest BCUT2D eigenvalue weighted by Gasteiger charge is 2.28. The number of allylic oxidation sites excluding steroid dienone is 1. The lowest BCUT2D eigenvalue weighted by Crippen LogP contribution is -2.46. The molecule has 2 aromatic rings. The Labute approximate surface area is 123 Å². The molecule has 0 atom stereocenters. The van der Waals surface area contributed by atoms with Gasteiger partial charge in [0.2, 0.25) is 0 Å². The Balaban J connectivity index is 2.01. The number of hydrogen-bond acceptors (Lipinski definition) is 4. The SMILES string of the molecule is CC1(C)N/C(=C\C(=O)c2ccncc2)c2ccccc2O1. The highest BCUT2D eigenvalue weighted by Crippen LogP contribution is 2.33. The average molecular weight is 280 g/mol. The van der Waals surface area contributed by atoms with Crippen molar-refractivity contribution in [2.45, 2.75) is 19.6 Å². The van der Waals surface area contributed by atoms with Crippen LogP contribution in [0.3, 0.4) is 0 Å². The fourth-order valence-electron chi connectivity index (χ4n) is 2.31. The Bertz CT molecular complexity index is 706. The molecule has 1 aromatic heterocycles. The van der Waals surface area contributed by atoms with Crippen LogP contribution < -0.4 is 10.1 Å². The Hall–Kier alpha value is -2.62. The van der Waals surface area contributed by atoms with Gasteiger partial charge in [-0.1, -0.05) is 12.1 Å². The van der Waals surface area contributed by atoms with Gasteiger partial charge in [0.05, 0.1) is 5.70 Å². The van der Waals surface area contributed by atoms with Crippen LogP contribution in [-0.2, 0) is 0 Å². The van der Waals surface area contributed by atoms with Crippen LogP contribution in [0.4, 0.5) is 0 Å². The summed E-state index contributed by atoms with van der Waals surface area (Å²) in [5.41, 5.74) is 1.71. The zero-order valence-electron chi connectivity index (χ0n) is 12.0. The molecule has 3 rings (SSSR count). The van der Waals surface area contributed by atoms with Crippen LogP contribution in [0.5, 0.6) is 5.75 Å². The van der Waals surface area contributed by atoms with Crippen LogP contribution in [0, 0.1) is 0 Å². The Kier molecular flexibility index (Phi) is 3.22. The maximum atomic E-state index is 12.3. The molecule has 0 fully saturated rings. The first kappa shape index (κ1) is 13.4. The first-order valence-electron chi connectivity index (χ1n) is 6.78. The lowest BCUT2D eigenvalue weighted by atomic mass is 10.0. The Morgan fingerprint density at radius 1 is 1.19 bits per heavy atom. The maximum absolute atomic E-state index is 12.3. The van der Waals surface area contributed by atoms with Crippen molar-refractivity contribution in [2.24, 2.45) is 0 Å². The minimum atomic E-state index is -0.557. The molecule has 2 heterocycles. The monoisotopic (exact) mass is 280 g/mol. The number of fused-ring (bicyclic) bond motifs is 1. The van der Waals surface area contributed by atoms with Gasteiger partial charge >= 0.3 is 0 Å². The van der Waals surface area contributed by atoms with Crippen LogP contribution in [-0.4, -0.2) is 16.5 Å². The molecule has 1 N–H and O–H groups in total. The number of nitrogens with zero attached hydrogens (tertiary/aromatic N) is 1. The number of nitrogens with one attached hydrogen (secondary N) is 1. The van der Waals surface area contributed by atoms with E-state index in [4.69, 9.17) is 4.74 Å². The molecule has 21 heavy (non-hydrogen) atoms. The summed E-state index contributed by atoms with van der Waals surface area (Å²) in [6.45, 7) is 3.85. The van der Waals surface area contributed by atoms with E-state index in [0.717, 1.165) is 17.0 Å². The van der Waals surface area contributed by atoms with Crippen molar-refractivity contribution in [3.63, 3.8) is 0 Å². The number of ether oxygens (including phenoxy) is 1. The lowest BCUT2D eigenvalue weighted by Gasteiger charge is -2.36. The summed E-state index contributed by atoms with van der Waals surface area (Å²) in [6.07, 6.45) is 4.83. The van der Waals surface area contributed by atoms with Gasteiger partial charge in [0.15, 0.2) is 11.5 Å². The molecule has 1 aliphatic rings. The second-order valence-electron chi connectivity index (χ2n) is 5.39. The van der Waals surface area contributed by atoms with Crippen molar-refractivity contribution in [3.8, 4) is 5.75 Å². The zero-order chi connectivity index (χ0) is 14.9. The molecule has 1 aromatic carbocycles. The molecule has 0 saturated carbocycles. The Morgan fingerprint density at radius 2 is 1.90 bits per heavy atom. The summed E-state index contributed by atoms with van der Waals surface area (Å²) in [7, 11) is 0. The van der Waals surface area contributed by atoms with E-state index in [9.17, 15) is 4.79 Å². The van der Waals surface area contributed by atoms with Crippen LogP contribution in [0.2, 0.25) is 0 Å². The van der Waals surface area contributed by atoms with Crippen molar-refractivity contribution in [1.82, 2.24) is 10.3 Å². The number of aromatic nitrogens is 1. The summed E-state index contributed by atoms with van der Waals surface area (Å²) in [4.78, 5) is 16.3. The number of hydrogen-bond donors (Lipinski definition) is 1. The van der Waals surface area contributed by atoms with Gasteiger partial charge in [-0.3, -0.25) is 9.78 Å². The van der Waals surface area contributed by atoms with E-state index in [1.54, 1.807) is 30.6 Å². The second kappa shape index (κ2) is 5.05. The van der Waals surface area contributed by atoms with Crippen LogP contribution in [0.25, 0.3) is 5.70 Å². The predicted molar refractivity (Wildman–Crippen MR) is 80.8 cm³/mol. The van der Waals surface area contributed by atoms with Crippen LogP contribution >= 0.6 is 0 Å². The van der Waals surface area contributed by atoms with Gasteiger partial charge < -0.3 is 10.1 Å². The van der Waals surface area contributed by atoms with E-state index in [1.807, 2.05) is 38.1 Å². The molecular weight excluding hydrogens is 264 g/mol. The number of ketones is 1. The standard InChI is InChI=1S/C17H16N2O2/c1-17(2)19-14(13-5-3-4-6-16(13)21-17)11-15(20)12-7-9-18-10-8-12/h3-11,19H,1-2H3/b14-11-. The molecule has 0 spiro atoms. The summed E-state index contributed by atoms with van der Waals surface area (Å²) in [6, 6.07) is 11.1. The zero-order valence-corrected chi connectivity index (χ0v) is 12.0. The predicted octanol–water partition coefficient (Wildman–Crippen LogP) is 3.02. The molecule has 0 aliphatic carbocycles. The van der Waals surface area contributed by atoms with E-state index in [-0.39, 0.29) is 5.78 Å². The highest BCUT2D eigenvalue weighted by atomic mass is 16.5. The number of pyridine rings is 1. The van der Waals surface area contributed by atoms with Gasteiger partial charge in [-0.15, -0.1) is 0 Å². The summed E-state index contributed by atoms with van der Waals surface area (Å²) >= 11 is 0. The molecule has 1 aliphatic heterocycles. The second-order valence-corrected chi connectivity index (χ2v) is 5.39. The van der Waals surface area contributed by atoms with E-state index >= 15 is 0 Å². The van der Waals surface area contributed by atoms with Crippen molar-refractivity contribution < 1.29 is 9.53 Å². The van der Waals surface area contributed by atoms with Gasteiger partial charge in [-0.05, 0) is 38.1 Å². The van der Waals surface area contributed by atoms with E-state index in [1.165, 1.54) is 0 Å². The smallest absolute Gasteiger partial charge is 0.188 e. The molecule has 0 saturated heterocycles. The van der Waals surface area contributed by atoms with Crippen molar-refractivity contribution >= 4 is 11.5 Å². The van der Waals surface area contributed by atoms with Crippen LogP contribution in [0.1, 0.15) is 29.8 Å². The van der Waals surface area contributed by atoms with Gasteiger partial charge in [0, 0.05) is 29.6 Å². The van der Waals surface area contributed by atoms with Gasteiger partial charge in [-0.2, -0.15) is 0 Å². The molecular formula is C17H16N2O2. The molecule has 0 bridgehead atoms. The molecule has 4 heteroatoms. The fraction of sp³-hybridized carbons (Fsp3) is 0.176. The normalized spacial score (nSPS) is 17.5. The first-order chi connectivity index (χ1) is 10.1. The molecule has 0 radical (unpaired) electrons. The van der Waals surface area contributed by atoms with Crippen LogP contribution in [0.15, 0.2) is 54.9 Å². The molecule has 4 nitrogen and oxygen atoms in total. The third kappa shape index (κ3) is 2.79. The van der Waals surface area contributed by atoms with Crippen molar-refractivity contribution in [3.05, 3.63) is 66.0 Å². The first-order valence-corrected chi connectivity index (χ1v) is 6.78. The van der Waals surface area contributed by atoms with Crippen molar-refractivity contribution in [1.29, 1.82) is 0 Å². The van der Waals surface area contributed by atoms with Gasteiger partial charge in [-0.25, -0.2) is 0 Å². The number of carbonyl (C=O) groups is 1. The topological polar surface area (TPSA) is 51.2 Å².